The van der Waals surface area contributed by atoms with Crippen molar-refractivity contribution in [2.24, 2.45) is 0 Å². The van der Waals surface area contributed by atoms with Gasteiger partial charge in [0.2, 0.25) is 0 Å². The summed E-state index contributed by atoms with van der Waals surface area (Å²) in [5, 5.41) is 0. The van der Waals surface area contributed by atoms with Gasteiger partial charge in [0.05, 0.1) is 26.5 Å². The highest BCUT2D eigenvalue weighted by Gasteiger charge is 2.12. The van der Waals surface area contributed by atoms with Crippen LogP contribution in [0.1, 0.15) is 6.92 Å². The Morgan fingerprint density at radius 3 is 2.59 bits per heavy atom. The maximum Gasteiger partial charge on any atom is 0.316 e. The summed E-state index contributed by atoms with van der Waals surface area (Å²) >= 11 is 11.8. The quantitative estimate of drug-likeness (QED) is 0.291. The standard InChI is InChI=1S/C14H16NO2S5/c1-2-17-11(16)10-20-13-12(21-14(18)22-13)19-9-8-15-6-4-3-5-7-15/h3-7H,2,8-10H2,1H3/q+1. The zero-order valence-electron chi connectivity index (χ0n) is 12.0. The number of pyridine rings is 1. The minimum Gasteiger partial charge on any atom is -0.465 e. The Kier molecular flexibility index (Phi) is 7.88. The topological polar surface area (TPSA) is 30.2 Å². The molecule has 0 spiro atoms. The maximum absolute atomic E-state index is 11.5. The molecule has 0 aliphatic heterocycles. The monoisotopic (exact) mass is 390 g/mol. The number of carbonyl (C=O) groups is 1. The molecule has 0 radical (unpaired) electrons. The number of esters is 1. The van der Waals surface area contributed by atoms with Crippen molar-refractivity contribution in [1.29, 1.82) is 0 Å². The van der Waals surface area contributed by atoms with Gasteiger partial charge in [0, 0.05) is 12.1 Å². The highest BCUT2D eigenvalue weighted by Crippen LogP contribution is 2.40. The lowest BCUT2D eigenvalue weighted by molar-refractivity contribution is -0.692. The van der Waals surface area contributed by atoms with Gasteiger partial charge in [0.25, 0.3) is 0 Å². The molecule has 0 N–H and O–H groups in total. The van der Waals surface area contributed by atoms with Crippen molar-refractivity contribution in [2.45, 2.75) is 21.9 Å². The highest BCUT2D eigenvalue weighted by molar-refractivity contribution is 8.05. The van der Waals surface area contributed by atoms with Crippen LogP contribution in [0.25, 0.3) is 0 Å². The number of ether oxygens (including phenoxy) is 1. The predicted octanol–water partition coefficient (Wildman–Crippen LogP) is 4.27. The van der Waals surface area contributed by atoms with Crippen LogP contribution in [0.5, 0.6) is 0 Å². The average molecular weight is 391 g/mol. The first-order chi connectivity index (χ1) is 10.7. The number of nitrogens with zero attached hydrogens (tertiary/aromatic N) is 1. The van der Waals surface area contributed by atoms with Crippen molar-refractivity contribution in [3.8, 4) is 0 Å². The molecular formula is C14H16NO2S5+. The minimum atomic E-state index is -0.174. The molecule has 0 unspecified atom stereocenters. The number of carbonyl (C=O) groups excluding carboxylic acids is 1. The number of hydrogen-bond donors (Lipinski definition) is 0. The summed E-state index contributed by atoms with van der Waals surface area (Å²) in [5.41, 5.74) is 0. The lowest BCUT2D eigenvalue weighted by Crippen LogP contribution is -2.33. The number of aryl methyl sites for hydroxylation is 1. The van der Waals surface area contributed by atoms with Crippen molar-refractivity contribution in [2.75, 3.05) is 18.1 Å². The van der Waals surface area contributed by atoms with Crippen molar-refractivity contribution < 1.29 is 14.1 Å². The predicted molar refractivity (Wildman–Crippen MR) is 97.7 cm³/mol. The number of aromatic nitrogens is 1. The Balaban J connectivity index is 1.88. The van der Waals surface area contributed by atoms with Crippen molar-refractivity contribution >= 4 is 64.4 Å². The van der Waals surface area contributed by atoms with Crippen molar-refractivity contribution in [1.82, 2.24) is 0 Å². The second kappa shape index (κ2) is 9.67. The third-order valence-corrected chi connectivity index (χ3v) is 8.04. The van der Waals surface area contributed by atoms with E-state index in [1.165, 1.54) is 16.0 Å². The van der Waals surface area contributed by atoms with Gasteiger partial charge < -0.3 is 4.74 Å². The van der Waals surface area contributed by atoms with E-state index in [0.29, 0.717) is 12.4 Å². The molecule has 8 heteroatoms. The van der Waals surface area contributed by atoms with Crippen LogP contribution < -0.4 is 4.57 Å². The van der Waals surface area contributed by atoms with Crippen LogP contribution >= 0.6 is 58.4 Å². The molecule has 0 atom stereocenters. The van der Waals surface area contributed by atoms with Crippen LogP contribution in [-0.2, 0) is 16.1 Å². The molecule has 22 heavy (non-hydrogen) atoms. The zero-order valence-corrected chi connectivity index (χ0v) is 16.1. The Hall–Kier alpha value is -0.410. The third kappa shape index (κ3) is 6.00. The van der Waals surface area contributed by atoms with E-state index in [4.69, 9.17) is 17.0 Å². The smallest absolute Gasteiger partial charge is 0.316 e. The van der Waals surface area contributed by atoms with E-state index >= 15 is 0 Å². The van der Waals surface area contributed by atoms with Gasteiger partial charge in [-0.15, -0.1) is 46.2 Å². The second-order valence-corrected chi connectivity index (χ2v) is 9.92. The lowest BCUT2D eigenvalue weighted by Gasteiger charge is -2.02. The highest BCUT2D eigenvalue weighted by atomic mass is 32.2. The van der Waals surface area contributed by atoms with Gasteiger partial charge in [-0.25, -0.2) is 4.57 Å². The first-order valence-electron chi connectivity index (χ1n) is 6.68. The van der Waals surface area contributed by atoms with Crippen molar-refractivity contribution in [3.63, 3.8) is 0 Å². The van der Waals surface area contributed by atoms with E-state index in [1.54, 1.807) is 34.4 Å². The maximum atomic E-state index is 11.5. The molecule has 0 saturated heterocycles. The molecule has 2 aromatic heterocycles. The Morgan fingerprint density at radius 2 is 1.91 bits per heavy atom. The summed E-state index contributed by atoms with van der Waals surface area (Å²) in [4.78, 5) is 11.5. The fourth-order valence-corrected chi connectivity index (χ4v) is 7.52. The Morgan fingerprint density at radius 1 is 1.23 bits per heavy atom. The van der Waals surface area contributed by atoms with Gasteiger partial charge in [-0.05, 0) is 6.92 Å². The number of hydrogen-bond acceptors (Lipinski definition) is 7. The van der Waals surface area contributed by atoms with Crippen molar-refractivity contribution in [3.05, 3.63) is 33.7 Å². The summed E-state index contributed by atoms with van der Waals surface area (Å²) in [6.07, 6.45) is 4.12. The molecule has 0 fully saturated rings. The number of rotatable bonds is 8. The first kappa shape index (κ1) is 17.9. The van der Waals surface area contributed by atoms with Crippen LogP contribution in [-0.4, -0.2) is 24.1 Å². The molecule has 3 nitrogen and oxygen atoms in total. The molecule has 0 aliphatic rings. The first-order valence-corrected chi connectivity index (χ1v) is 10.7. The van der Waals surface area contributed by atoms with Gasteiger partial charge in [-0.3, -0.25) is 4.79 Å². The summed E-state index contributed by atoms with van der Waals surface area (Å²) in [5.74, 6) is 1.15. The van der Waals surface area contributed by atoms with Gasteiger partial charge >= 0.3 is 5.97 Å². The average Bonchev–Trinajstić information content (AvgIpc) is 2.87. The van der Waals surface area contributed by atoms with Gasteiger partial charge in [0.15, 0.2) is 18.9 Å². The zero-order chi connectivity index (χ0) is 15.8. The SMILES string of the molecule is CCOC(=O)CSc1sc(=S)sc1SCC[n+]1ccccc1. The molecular weight excluding hydrogens is 374 g/mol. The second-order valence-electron chi connectivity index (χ2n) is 4.08. The molecule has 2 heterocycles. The Labute approximate surface area is 151 Å². The summed E-state index contributed by atoms with van der Waals surface area (Å²) < 4.78 is 10.4. The van der Waals surface area contributed by atoms with Crippen LogP contribution in [0.3, 0.4) is 0 Å². The van der Waals surface area contributed by atoms with E-state index in [2.05, 4.69) is 17.0 Å². The summed E-state index contributed by atoms with van der Waals surface area (Å²) in [7, 11) is 0. The fourth-order valence-electron chi connectivity index (χ4n) is 1.59. The fraction of sp³-hybridized carbons (Fsp3) is 0.357. The third-order valence-electron chi connectivity index (χ3n) is 2.51. The van der Waals surface area contributed by atoms with Gasteiger partial charge in [0.1, 0.15) is 3.14 Å². The van der Waals surface area contributed by atoms with Gasteiger partial charge in [-0.2, -0.15) is 0 Å². The largest absolute Gasteiger partial charge is 0.465 e. The molecule has 0 saturated carbocycles. The number of thioether (sulfide) groups is 2. The molecule has 0 aromatic carbocycles. The molecule has 2 aromatic rings. The summed E-state index contributed by atoms with van der Waals surface area (Å²) in [6.45, 7) is 3.19. The van der Waals surface area contributed by atoms with Crippen LogP contribution in [0.15, 0.2) is 39.0 Å². The molecule has 0 aliphatic carbocycles. The van der Waals surface area contributed by atoms with E-state index in [1.807, 2.05) is 25.1 Å². The van der Waals surface area contributed by atoms with Crippen LogP contribution in [0.4, 0.5) is 0 Å². The van der Waals surface area contributed by atoms with Crippen LogP contribution in [0, 0.1) is 3.14 Å². The lowest BCUT2D eigenvalue weighted by atomic mass is 10.5. The van der Waals surface area contributed by atoms with Crippen LogP contribution in [0.2, 0.25) is 0 Å². The van der Waals surface area contributed by atoms with E-state index in [-0.39, 0.29) is 5.97 Å². The molecule has 2 rings (SSSR count). The molecule has 118 valence electrons. The summed E-state index contributed by atoms with van der Waals surface area (Å²) in [6, 6.07) is 6.07. The van der Waals surface area contributed by atoms with E-state index in [0.717, 1.165) is 19.6 Å². The Bertz CT molecular complexity index is 653. The molecule has 0 amide bonds. The van der Waals surface area contributed by atoms with E-state index < -0.39 is 0 Å². The van der Waals surface area contributed by atoms with E-state index in [9.17, 15) is 4.79 Å². The van der Waals surface area contributed by atoms with Gasteiger partial charge in [-0.1, -0.05) is 18.3 Å². The normalized spacial score (nSPS) is 10.6. The molecule has 0 bridgehead atoms. The minimum absolute atomic E-state index is 0.174.